The van der Waals surface area contributed by atoms with Gasteiger partial charge in [-0.25, -0.2) is 4.98 Å². The number of nitrogens with two attached hydrogens (primary N) is 1. The van der Waals surface area contributed by atoms with E-state index < -0.39 is 5.91 Å². The van der Waals surface area contributed by atoms with Crippen molar-refractivity contribution in [1.29, 1.82) is 0 Å². The third-order valence-electron chi connectivity index (χ3n) is 4.69. The number of hydrogen-bond acceptors (Lipinski definition) is 4. The number of aryl methyl sites for hydroxylation is 2. The number of primary amides is 1. The fraction of sp³-hybridized carbons (Fsp3) is 0.261. The molecule has 3 aromatic rings. The quantitative estimate of drug-likeness (QED) is 0.610. The maximum absolute atomic E-state index is 13.0. The van der Waals surface area contributed by atoms with Crippen LogP contribution in [0.3, 0.4) is 0 Å². The molecule has 1 heterocycles. The lowest BCUT2D eigenvalue weighted by atomic mass is 10.1. The summed E-state index contributed by atoms with van der Waals surface area (Å²) in [5.41, 5.74) is 10.2. The molecule has 0 aliphatic carbocycles. The second-order valence-corrected chi connectivity index (χ2v) is 7.83. The van der Waals surface area contributed by atoms with Crippen molar-refractivity contribution in [2.45, 2.75) is 33.1 Å². The second kappa shape index (κ2) is 9.47. The number of amides is 2. The summed E-state index contributed by atoms with van der Waals surface area (Å²) in [6, 6.07) is 16.0. The number of rotatable bonds is 8. The monoisotopic (exact) mass is 407 g/mol. The molecule has 0 atom stereocenters. The van der Waals surface area contributed by atoms with Gasteiger partial charge in [0, 0.05) is 29.6 Å². The molecule has 2 amide bonds. The zero-order chi connectivity index (χ0) is 20.8. The van der Waals surface area contributed by atoms with E-state index in [1.54, 1.807) is 4.90 Å². The van der Waals surface area contributed by atoms with Crippen LogP contribution in [-0.4, -0.2) is 23.3 Å². The molecule has 2 aromatic carbocycles. The first-order valence-corrected chi connectivity index (χ1v) is 10.5. The summed E-state index contributed by atoms with van der Waals surface area (Å²) in [4.78, 5) is 30.5. The number of carbonyl (C=O) groups excluding carboxylic acids is 2. The van der Waals surface area contributed by atoms with Crippen molar-refractivity contribution in [3.05, 3.63) is 70.7 Å². The molecular weight excluding hydrogens is 382 g/mol. The van der Waals surface area contributed by atoms with Crippen LogP contribution < -0.4 is 10.6 Å². The molecular formula is C23H25N3O2S. The Labute approximate surface area is 175 Å². The minimum atomic E-state index is -0.429. The molecule has 0 radical (unpaired) electrons. The molecule has 0 unspecified atom stereocenters. The summed E-state index contributed by atoms with van der Waals surface area (Å²) in [5, 5.41) is 2.82. The highest BCUT2D eigenvalue weighted by Crippen LogP contribution is 2.25. The lowest BCUT2D eigenvalue weighted by Gasteiger charge is -2.22. The zero-order valence-electron chi connectivity index (χ0n) is 16.7. The Balaban J connectivity index is 1.76. The van der Waals surface area contributed by atoms with Crippen LogP contribution in [0.4, 0.5) is 5.69 Å². The van der Waals surface area contributed by atoms with Crippen LogP contribution in [0, 0.1) is 6.92 Å². The maximum atomic E-state index is 13.0. The van der Waals surface area contributed by atoms with E-state index in [4.69, 9.17) is 5.73 Å². The third-order valence-corrected chi connectivity index (χ3v) is 5.63. The van der Waals surface area contributed by atoms with E-state index in [-0.39, 0.29) is 25.3 Å². The number of nitrogens with zero attached hydrogens (tertiary/aromatic N) is 2. The molecule has 0 aliphatic heterocycles. The predicted octanol–water partition coefficient (Wildman–Crippen LogP) is 4.13. The van der Waals surface area contributed by atoms with Crippen molar-refractivity contribution in [2.75, 3.05) is 11.4 Å². The number of carbonyl (C=O) groups is 2. The van der Waals surface area contributed by atoms with E-state index in [1.807, 2.05) is 36.6 Å². The van der Waals surface area contributed by atoms with Crippen LogP contribution in [-0.2, 0) is 22.4 Å². The van der Waals surface area contributed by atoms with E-state index in [0.29, 0.717) is 0 Å². The molecule has 3 rings (SSSR count). The van der Waals surface area contributed by atoms with Gasteiger partial charge in [0.05, 0.1) is 12.1 Å². The summed E-state index contributed by atoms with van der Waals surface area (Å²) in [6.45, 7) is 4.35. The summed E-state index contributed by atoms with van der Waals surface area (Å²) in [6.07, 6.45) is 1.29. The molecule has 2 N–H and O–H groups in total. The van der Waals surface area contributed by atoms with Gasteiger partial charge in [-0.2, -0.15) is 0 Å². The van der Waals surface area contributed by atoms with Gasteiger partial charge in [-0.3, -0.25) is 9.59 Å². The lowest BCUT2D eigenvalue weighted by Crippen LogP contribution is -2.35. The number of benzene rings is 2. The van der Waals surface area contributed by atoms with Crippen molar-refractivity contribution < 1.29 is 9.59 Å². The third kappa shape index (κ3) is 5.51. The molecule has 0 saturated heterocycles. The van der Waals surface area contributed by atoms with Gasteiger partial charge in [0.1, 0.15) is 5.01 Å². The Bertz CT molecular complexity index is 995. The normalized spacial score (nSPS) is 10.7. The Kier molecular flexibility index (Phi) is 6.77. The highest BCUT2D eigenvalue weighted by atomic mass is 32.1. The molecule has 0 aliphatic rings. The first kappa shape index (κ1) is 20.7. The number of hydrogen-bond donors (Lipinski definition) is 1. The van der Waals surface area contributed by atoms with Gasteiger partial charge in [0.2, 0.25) is 11.8 Å². The van der Waals surface area contributed by atoms with Gasteiger partial charge in [-0.15, -0.1) is 11.3 Å². The Morgan fingerprint density at radius 1 is 1.14 bits per heavy atom. The SMILES string of the molecule is CCc1ccc(-c2nc(CC(=O)N(CCC(N)=O)c3cccc(C)c3)cs2)cc1. The molecule has 150 valence electrons. The van der Waals surface area contributed by atoms with Gasteiger partial charge in [0.25, 0.3) is 0 Å². The van der Waals surface area contributed by atoms with Crippen LogP contribution in [0.1, 0.15) is 30.2 Å². The second-order valence-electron chi connectivity index (χ2n) is 6.97. The zero-order valence-corrected chi connectivity index (χ0v) is 17.5. The molecule has 0 saturated carbocycles. The fourth-order valence-electron chi connectivity index (χ4n) is 3.07. The highest BCUT2D eigenvalue weighted by molar-refractivity contribution is 7.13. The van der Waals surface area contributed by atoms with Crippen LogP contribution in [0.25, 0.3) is 10.6 Å². The Morgan fingerprint density at radius 3 is 2.55 bits per heavy atom. The van der Waals surface area contributed by atoms with Crippen LogP contribution in [0.5, 0.6) is 0 Å². The average molecular weight is 408 g/mol. The van der Waals surface area contributed by atoms with Crippen molar-refractivity contribution in [1.82, 2.24) is 4.98 Å². The molecule has 0 spiro atoms. The lowest BCUT2D eigenvalue weighted by molar-refractivity contribution is -0.118. The average Bonchev–Trinajstić information content (AvgIpc) is 3.16. The van der Waals surface area contributed by atoms with E-state index in [0.717, 1.165) is 33.9 Å². The van der Waals surface area contributed by atoms with Crippen LogP contribution >= 0.6 is 11.3 Å². The molecule has 0 fully saturated rings. The number of thiazole rings is 1. The summed E-state index contributed by atoms with van der Waals surface area (Å²) < 4.78 is 0. The number of aromatic nitrogens is 1. The van der Waals surface area contributed by atoms with Gasteiger partial charge in [-0.05, 0) is 36.6 Å². The van der Waals surface area contributed by atoms with Crippen LogP contribution in [0.2, 0.25) is 0 Å². The van der Waals surface area contributed by atoms with Crippen molar-refractivity contribution in [3.63, 3.8) is 0 Å². The van der Waals surface area contributed by atoms with Gasteiger partial charge in [-0.1, -0.05) is 43.3 Å². The van der Waals surface area contributed by atoms with Crippen molar-refractivity contribution >= 4 is 28.8 Å². The van der Waals surface area contributed by atoms with Crippen molar-refractivity contribution in [2.24, 2.45) is 5.73 Å². The van der Waals surface area contributed by atoms with E-state index in [2.05, 4.69) is 36.2 Å². The van der Waals surface area contributed by atoms with E-state index in [1.165, 1.54) is 16.9 Å². The van der Waals surface area contributed by atoms with Gasteiger partial charge in [0.15, 0.2) is 0 Å². The molecule has 6 heteroatoms. The Morgan fingerprint density at radius 2 is 1.90 bits per heavy atom. The first-order valence-electron chi connectivity index (χ1n) is 9.65. The molecule has 0 bridgehead atoms. The molecule has 29 heavy (non-hydrogen) atoms. The smallest absolute Gasteiger partial charge is 0.233 e. The van der Waals surface area contributed by atoms with Crippen molar-refractivity contribution in [3.8, 4) is 10.6 Å². The minimum absolute atomic E-state index is 0.102. The summed E-state index contributed by atoms with van der Waals surface area (Å²) >= 11 is 1.53. The van der Waals surface area contributed by atoms with Gasteiger partial charge < -0.3 is 10.6 Å². The topological polar surface area (TPSA) is 76.3 Å². The van der Waals surface area contributed by atoms with Crippen LogP contribution in [0.15, 0.2) is 53.9 Å². The predicted molar refractivity (Wildman–Crippen MR) is 118 cm³/mol. The summed E-state index contributed by atoms with van der Waals surface area (Å²) in [5.74, 6) is -0.531. The maximum Gasteiger partial charge on any atom is 0.233 e. The van der Waals surface area contributed by atoms with E-state index in [9.17, 15) is 9.59 Å². The highest BCUT2D eigenvalue weighted by Gasteiger charge is 2.19. The minimum Gasteiger partial charge on any atom is -0.370 e. The standard InChI is InChI=1S/C23H25N3O2S/c1-3-17-7-9-18(10-8-17)23-25-19(15-29-23)14-22(28)26(12-11-21(24)27)20-6-4-5-16(2)13-20/h4-10,13,15H,3,11-12,14H2,1-2H3,(H2,24,27). The largest absolute Gasteiger partial charge is 0.370 e. The molecule has 5 nitrogen and oxygen atoms in total. The molecule has 1 aromatic heterocycles. The van der Waals surface area contributed by atoms with Gasteiger partial charge >= 0.3 is 0 Å². The first-order chi connectivity index (χ1) is 14.0. The number of anilines is 1. The Hall–Kier alpha value is -2.99. The summed E-state index contributed by atoms with van der Waals surface area (Å²) in [7, 11) is 0. The van der Waals surface area contributed by atoms with E-state index >= 15 is 0 Å². The fourth-order valence-corrected chi connectivity index (χ4v) is 3.90.